The Hall–Kier alpha value is -5.44. The van der Waals surface area contributed by atoms with Gasteiger partial charge >= 0.3 is 0 Å². The molecular formula is C42H27NS. The van der Waals surface area contributed by atoms with Gasteiger partial charge in [0.25, 0.3) is 0 Å². The van der Waals surface area contributed by atoms with E-state index in [-0.39, 0.29) is 0 Å². The third-order valence-electron chi connectivity index (χ3n) is 8.80. The first-order chi connectivity index (χ1) is 21.8. The van der Waals surface area contributed by atoms with Gasteiger partial charge < -0.3 is 4.90 Å². The van der Waals surface area contributed by atoms with Gasteiger partial charge in [-0.05, 0) is 92.0 Å². The Bertz CT molecular complexity index is 2500. The third-order valence-corrected chi connectivity index (χ3v) is 9.92. The molecule has 0 saturated heterocycles. The van der Waals surface area contributed by atoms with Crippen LogP contribution in [0.5, 0.6) is 0 Å². The minimum absolute atomic E-state index is 1.14. The molecule has 2 heteroatoms. The second-order valence-corrected chi connectivity index (χ2v) is 12.5. The summed E-state index contributed by atoms with van der Waals surface area (Å²) in [5, 5.41) is 10.2. The molecule has 9 rings (SSSR count). The summed E-state index contributed by atoms with van der Waals surface area (Å²) in [6.07, 6.45) is 0. The van der Waals surface area contributed by atoms with Crippen LogP contribution in [0.3, 0.4) is 0 Å². The lowest BCUT2D eigenvalue weighted by atomic mass is 9.98. The van der Waals surface area contributed by atoms with E-state index in [1.54, 1.807) is 0 Å². The Labute approximate surface area is 259 Å². The topological polar surface area (TPSA) is 3.24 Å². The van der Waals surface area contributed by atoms with E-state index in [0.717, 1.165) is 11.4 Å². The molecule has 206 valence electrons. The molecule has 1 heterocycles. The summed E-state index contributed by atoms with van der Waals surface area (Å²) in [4.78, 5) is 2.43. The fourth-order valence-corrected chi connectivity index (χ4v) is 7.85. The van der Waals surface area contributed by atoms with Crippen LogP contribution in [0.25, 0.3) is 63.6 Å². The average molecular weight is 578 g/mol. The van der Waals surface area contributed by atoms with Crippen molar-refractivity contribution < 1.29 is 0 Å². The molecule has 0 bridgehead atoms. The van der Waals surface area contributed by atoms with Crippen molar-refractivity contribution in [3.63, 3.8) is 0 Å². The normalized spacial score (nSPS) is 11.6. The van der Waals surface area contributed by atoms with Crippen LogP contribution in [-0.2, 0) is 0 Å². The van der Waals surface area contributed by atoms with E-state index in [4.69, 9.17) is 0 Å². The average Bonchev–Trinajstić information content (AvgIpc) is 3.45. The molecule has 9 aromatic rings. The van der Waals surface area contributed by atoms with E-state index in [1.807, 2.05) is 11.3 Å². The lowest BCUT2D eigenvalue weighted by Crippen LogP contribution is -2.10. The number of benzene rings is 8. The Balaban J connectivity index is 1.27. The molecule has 0 fully saturated rings. The van der Waals surface area contributed by atoms with Gasteiger partial charge in [0, 0.05) is 31.5 Å². The van der Waals surface area contributed by atoms with E-state index in [2.05, 4.69) is 169 Å². The molecule has 0 spiro atoms. The van der Waals surface area contributed by atoms with Crippen molar-refractivity contribution in [1.29, 1.82) is 0 Å². The van der Waals surface area contributed by atoms with Crippen molar-refractivity contribution in [3.05, 3.63) is 164 Å². The lowest BCUT2D eigenvalue weighted by Gasteiger charge is -2.27. The highest BCUT2D eigenvalue weighted by molar-refractivity contribution is 7.26. The van der Waals surface area contributed by atoms with Gasteiger partial charge in [-0.2, -0.15) is 0 Å². The fourth-order valence-electron chi connectivity index (χ4n) is 6.69. The number of thiophene rings is 1. The van der Waals surface area contributed by atoms with Gasteiger partial charge in [0.2, 0.25) is 0 Å². The van der Waals surface area contributed by atoms with Crippen LogP contribution in [0.15, 0.2) is 164 Å². The molecule has 0 aliphatic carbocycles. The Morgan fingerprint density at radius 3 is 1.84 bits per heavy atom. The molecule has 0 aliphatic rings. The van der Waals surface area contributed by atoms with Gasteiger partial charge in [-0.3, -0.25) is 0 Å². The van der Waals surface area contributed by atoms with Crippen LogP contribution in [-0.4, -0.2) is 0 Å². The Morgan fingerprint density at radius 2 is 1.02 bits per heavy atom. The van der Waals surface area contributed by atoms with Crippen LogP contribution in [0.1, 0.15) is 0 Å². The predicted octanol–water partition coefficient (Wildman–Crippen LogP) is 12.7. The molecule has 0 aliphatic heterocycles. The van der Waals surface area contributed by atoms with E-state index < -0.39 is 0 Å². The van der Waals surface area contributed by atoms with Gasteiger partial charge in [-0.1, -0.05) is 115 Å². The number of rotatable bonds is 4. The molecule has 0 radical (unpaired) electrons. The molecule has 0 amide bonds. The molecule has 44 heavy (non-hydrogen) atoms. The molecule has 0 saturated carbocycles. The predicted molar refractivity (Wildman–Crippen MR) is 192 cm³/mol. The van der Waals surface area contributed by atoms with Crippen molar-refractivity contribution >= 4 is 80.9 Å². The standard InChI is InChI=1S/C42H27NS/c1-2-11-31-25-35(24-19-28(31)9-1)43(34-22-20-30(21-23-34)37-16-7-14-29-10-5-6-15-36(29)37)39-17-8-18-40-42(39)38-26-32-12-3-4-13-33(32)27-41(38)44-40/h1-27H. The number of fused-ring (bicyclic) bond motifs is 6. The first-order valence-corrected chi connectivity index (χ1v) is 15.8. The maximum absolute atomic E-state index is 2.43. The van der Waals surface area contributed by atoms with Crippen LogP contribution in [0, 0.1) is 0 Å². The van der Waals surface area contributed by atoms with E-state index in [0.29, 0.717) is 0 Å². The van der Waals surface area contributed by atoms with Crippen LogP contribution < -0.4 is 4.90 Å². The van der Waals surface area contributed by atoms with Crippen LogP contribution in [0.2, 0.25) is 0 Å². The minimum Gasteiger partial charge on any atom is -0.310 e. The molecule has 0 atom stereocenters. The fraction of sp³-hybridized carbons (Fsp3) is 0. The highest BCUT2D eigenvalue weighted by Gasteiger charge is 2.19. The van der Waals surface area contributed by atoms with Crippen LogP contribution >= 0.6 is 11.3 Å². The number of nitrogens with zero attached hydrogens (tertiary/aromatic N) is 1. The Kier molecular flexibility index (Phi) is 5.75. The van der Waals surface area contributed by atoms with Gasteiger partial charge in [0.1, 0.15) is 0 Å². The maximum atomic E-state index is 2.43. The number of anilines is 3. The van der Waals surface area contributed by atoms with Crippen molar-refractivity contribution in [1.82, 2.24) is 0 Å². The number of hydrogen-bond donors (Lipinski definition) is 0. The molecule has 8 aromatic carbocycles. The van der Waals surface area contributed by atoms with E-state index in [9.17, 15) is 0 Å². The summed E-state index contributed by atoms with van der Waals surface area (Å²) >= 11 is 1.88. The Morgan fingerprint density at radius 1 is 0.386 bits per heavy atom. The first kappa shape index (κ1) is 25.1. The lowest BCUT2D eigenvalue weighted by molar-refractivity contribution is 1.31. The van der Waals surface area contributed by atoms with Crippen molar-refractivity contribution in [2.24, 2.45) is 0 Å². The summed E-state index contributed by atoms with van der Waals surface area (Å²) < 4.78 is 2.61. The largest absolute Gasteiger partial charge is 0.310 e. The second kappa shape index (κ2) is 10.1. The summed E-state index contributed by atoms with van der Waals surface area (Å²) in [5.74, 6) is 0. The molecule has 1 nitrogen and oxygen atoms in total. The monoisotopic (exact) mass is 577 g/mol. The summed E-state index contributed by atoms with van der Waals surface area (Å²) in [6.45, 7) is 0. The molecule has 1 aromatic heterocycles. The minimum atomic E-state index is 1.14. The summed E-state index contributed by atoms with van der Waals surface area (Å²) in [7, 11) is 0. The second-order valence-electron chi connectivity index (χ2n) is 11.4. The molecule has 0 unspecified atom stereocenters. The van der Waals surface area contributed by atoms with Crippen molar-refractivity contribution in [3.8, 4) is 11.1 Å². The summed E-state index contributed by atoms with van der Waals surface area (Å²) in [6, 6.07) is 59.8. The SMILES string of the molecule is c1ccc2cc(N(c3ccc(-c4cccc5ccccc45)cc3)c3cccc4sc5cc6ccccc6cc5c34)ccc2c1. The van der Waals surface area contributed by atoms with Gasteiger partial charge in [-0.25, -0.2) is 0 Å². The summed E-state index contributed by atoms with van der Waals surface area (Å²) in [5.41, 5.74) is 5.95. The van der Waals surface area contributed by atoms with Gasteiger partial charge in [0.05, 0.1) is 5.69 Å². The zero-order chi connectivity index (χ0) is 29.0. The quantitative estimate of drug-likeness (QED) is 0.201. The van der Waals surface area contributed by atoms with Crippen molar-refractivity contribution in [2.45, 2.75) is 0 Å². The number of hydrogen-bond acceptors (Lipinski definition) is 2. The zero-order valence-electron chi connectivity index (χ0n) is 23.9. The van der Waals surface area contributed by atoms with Gasteiger partial charge in [0.15, 0.2) is 0 Å². The van der Waals surface area contributed by atoms with E-state index in [1.165, 1.54) is 69.3 Å². The first-order valence-electron chi connectivity index (χ1n) is 15.0. The van der Waals surface area contributed by atoms with E-state index >= 15 is 0 Å². The maximum Gasteiger partial charge on any atom is 0.0554 e. The third kappa shape index (κ3) is 4.07. The highest BCUT2D eigenvalue weighted by Crippen LogP contribution is 2.46. The van der Waals surface area contributed by atoms with Gasteiger partial charge in [-0.15, -0.1) is 11.3 Å². The zero-order valence-corrected chi connectivity index (χ0v) is 24.8. The molecule has 0 N–H and O–H groups in total. The highest BCUT2D eigenvalue weighted by atomic mass is 32.1. The smallest absolute Gasteiger partial charge is 0.0554 e. The van der Waals surface area contributed by atoms with Crippen molar-refractivity contribution in [2.75, 3.05) is 4.90 Å². The molecular weight excluding hydrogens is 551 g/mol. The van der Waals surface area contributed by atoms with Crippen LogP contribution in [0.4, 0.5) is 17.1 Å².